The van der Waals surface area contributed by atoms with Crippen LogP contribution < -0.4 is 0 Å². The zero-order chi connectivity index (χ0) is 38.6. The van der Waals surface area contributed by atoms with Crippen LogP contribution in [-0.2, 0) is 0 Å². The summed E-state index contributed by atoms with van der Waals surface area (Å²) in [6.45, 7) is 0. The summed E-state index contributed by atoms with van der Waals surface area (Å²) in [4.78, 5) is 0. The van der Waals surface area contributed by atoms with Gasteiger partial charge >= 0.3 is 0 Å². The largest absolute Gasteiger partial charge is 0.309 e. The Hall–Kier alpha value is -7.46. The Kier molecular flexibility index (Phi) is 6.92. The minimum Gasteiger partial charge on any atom is -0.309 e. The number of hydrogen-bond donors (Lipinski definition) is 0. The second-order valence-electron chi connectivity index (χ2n) is 15.7. The molecule has 3 heterocycles. The first-order valence-corrected chi connectivity index (χ1v) is 21.1. The van der Waals surface area contributed by atoms with E-state index >= 15 is 0 Å². The number of fused-ring (bicyclic) bond motifs is 13. The molecule has 0 atom stereocenters. The van der Waals surface area contributed by atoms with Crippen molar-refractivity contribution < 1.29 is 0 Å². The van der Waals surface area contributed by atoms with Crippen molar-refractivity contribution in [1.82, 2.24) is 9.13 Å². The topological polar surface area (TPSA) is 9.86 Å². The average Bonchev–Trinajstić information content (AvgIpc) is 3.95. The summed E-state index contributed by atoms with van der Waals surface area (Å²) in [5, 5.41) is 12.8. The van der Waals surface area contributed by atoms with E-state index in [4.69, 9.17) is 0 Å². The maximum Gasteiger partial charge on any atom is 0.0555 e. The van der Waals surface area contributed by atoms with Gasteiger partial charge in [0.1, 0.15) is 0 Å². The first-order chi connectivity index (χ1) is 29.3. The summed E-state index contributed by atoms with van der Waals surface area (Å²) in [6, 6.07) is 76.1. The first-order valence-electron chi connectivity index (χ1n) is 20.3. The van der Waals surface area contributed by atoms with Crippen LogP contribution in [0.25, 0.3) is 119 Å². The van der Waals surface area contributed by atoms with Gasteiger partial charge in [0.2, 0.25) is 0 Å². The quantitative estimate of drug-likeness (QED) is 0.158. The lowest BCUT2D eigenvalue weighted by atomic mass is 9.98. The molecule has 274 valence electrons. The van der Waals surface area contributed by atoms with Crippen molar-refractivity contribution in [3.8, 4) is 33.6 Å². The normalized spacial score (nSPS) is 12.1. The number of rotatable bonds is 4. The van der Waals surface area contributed by atoms with Gasteiger partial charge in [0, 0.05) is 52.8 Å². The molecular weight excluding hydrogens is 733 g/mol. The van der Waals surface area contributed by atoms with Gasteiger partial charge in [-0.05, 0) is 99.1 Å². The smallest absolute Gasteiger partial charge is 0.0555 e. The van der Waals surface area contributed by atoms with Gasteiger partial charge in [0.15, 0.2) is 0 Å². The molecule has 0 bridgehead atoms. The van der Waals surface area contributed by atoms with E-state index in [0.717, 1.165) is 5.69 Å². The molecule has 3 aromatic heterocycles. The van der Waals surface area contributed by atoms with Gasteiger partial charge < -0.3 is 9.13 Å². The lowest BCUT2D eigenvalue weighted by molar-refractivity contribution is 1.18. The highest BCUT2D eigenvalue weighted by molar-refractivity contribution is 7.26. The third-order valence-electron chi connectivity index (χ3n) is 12.4. The zero-order valence-electron chi connectivity index (χ0n) is 31.9. The third kappa shape index (κ3) is 4.80. The summed E-state index contributed by atoms with van der Waals surface area (Å²) < 4.78 is 7.60. The molecule has 0 saturated heterocycles. The fraction of sp³-hybridized carbons (Fsp3) is 0. The highest BCUT2D eigenvalue weighted by Gasteiger charge is 2.22. The summed E-state index contributed by atoms with van der Waals surface area (Å²) in [5.74, 6) is 0. The van der Waals surface area contributed by atoms with E-state index in [1.165, 1.54) is 113 Å². The Labute approximate surface area is 344 Å². The van der Waals surface area contributed by atoms with Crippen LogP contribution in [0.5, 0.6) is 0 Å². The molecule has 0 saturated carbocycles. The number of para-hydroxylation sites is 2. The van der Waals surface area contributed by atoms with Gasteiger partial charge in [-0.3, -0.25) is 0 Å². The van der Waals surface area contributed by atoms with E-state index in [1.807, 2.05) is 11.3 Å². The molecule has 13 rings (SSSR count). The molecule has 3 heteroatoms. The average molecular weight is 767 g/mol. The van der Waals surface area contributed by atoms with Crippen LogP contribution in [0.4, 0.5) is 0 Å². The Morgan fingerprint density at radius 3 is 1.61 bits per heavy atom. The first kappa shape index (κ1) is 32.6. The molecule has 0 unspecified atom stereocenters. The van der Waals surface area contributed by atoms with Crippen LogP contribution in [0.15, 0.2) is 206 Å². The van der Waals surface area contributed by atoms with Crippen molar-refractivity contribution in [2.45, 2.75) is 0 Å². The number of hydrogen-bond acceptors (Lipinski definition) is 1. The summed E-state index contributed by atoms with van der Waals surface area (Å²) in [7, 11) is 0. The van der Waals surface area contributed by atoms with Crippen LogP contribution >= 0.6 is 11.3 Å². The van der Waals surface area contributed by atoms with Gasteiger partial charge in [-0.1, -0.05) is 146 Å². The SMILES string of the molecule is c1ccc(-c2cc(-c3ccccc3)cc(-n3c4ccccc4c4c5c(ccc43)sc3cc4c(cc35)c3ccccc3n4-c3cc4ccccc4c4ccccc34)c2)cc1. The van der Waals surface area contributed by atoms with Gasteiger partial charge in [0.25, 0.3) is 0 Å². The fourth-order valence-corrected chi connectivity index (χ4v) is 11.0. The van der Waals surface area contributed by atoms with E-state index in [9.17, 15) is 0 Å². The standard InChI is InChI=1S/C56H34N2S/c1-3-15-35(16-4-1)38-29-39(36-17-5-2-6-18-36)31-40(30-38)57-49-26-14-12-24-45(49)55-50(57)27-28-53-56(55)47-33-46-44-23-11-13-25-48(44)58(52(46)34-54(47)59-53)51-32-37-19-7-8-20-41(37)42-21-9-10-22-43(42)51/h1-34H. The number of aromatic nitrogens is 2. The van der Waals surface area contributed by atoms with Gasteiger partial charge in [-0.2, -0.15) is 0 Å². The molecule has 13 aromatic rings. The summed E-state index contributed by atoms with van der Waals surface area (Å²) >= 11 is 1.90. The van der Waals surface area contributed by atoms with Crippen LogP contribution in [0.3, 0.4) is 0 Å². The second kappa shape index (κ2) is 12.5. The van der Waals surface area contributed by atoms with Crippen LogP contribution in [0.1, 0.15) is 0 Å². The highest BCUT2D eigenvalue weighted by Crippen LogP contribution is 2.47. The van der Waals surface area contributed by atoms with Crippen molar-refractivity contribution in [2.24, 2.45) is 0 Å². The molecular formula is C56H34N2S. The van der Waals surface area contributed by atoms with E-state index in [2.05, 4.69) is 215 Å². The molecule has 0 aliphatic rings. The molecule has 2 nitrogen and oxygen atoms in total. The van der Waals surface area contributed by atoms with Gasteiger partial charge in [-0.25, -0.2) is 0 Å². The van der Waals surface area contributed by atoms with E-state index in [-0.39, 0.29) is 0 Å². The lowest BCUT2D eigenvalue weighted by Crippen LogP contribution is -1.96. The third-order valence-corrected chi connectivity index (χ3v) is 13.6. The number of thiophene rings is 1. The Morgan fingerprint density at radius 2 is 0.881 bits per heavy atom. The van der Waals surface area contributed by atoms with Crippen LogP contribution in [0.2, 0.25) is 0 Å². The Balaban J connectivity index is 1.11. The number of benzene rings is 10. The van der Waals surface area contributed by atoms with Crippen molar-refractivity contribution in [3.63, 3.8) is 0 Å². The minimum atomic E-state index is 1.16. The Morgan fingerprint density at radius 1 is 0.288 bits per heavy atom. The maximum absolute atomic E-state index is 2.51. The fourth-order valence-electron chi connectivity index (χ4n) is 9.88. The van der Waals surface area contributed by atoms with E-state index in [1.54, 1.807) is 0 Å². The van der Waals surface area contributed by atoms with Crippen molar-refractivity contribution in [3.05, 3.63) is 206 Å². The lowest BCUT2D eigenvalue weighted by Gasteiger charge is -2.14. The molecule has 10 aromatic carbocycles. The van der Waals surface area contributed by atoms with Crippen LogP contribution in [0, 0.1) is 0 Å². The number of nitrogens with zero attached hydrogens (tertiary/aromatic N) is 2. The molecule has 59 heavy (non-hydrogen) atoms. The molecule has 0 N–H and O–H groups in total. The summed E-state index contributed by atoms with van der Waals surface area (Å²) in [5.41, 5.74) is 12.1. The summed E-state index contributed by atoms with van der Waals surface area (Å²) in [6.07, 6.45) is 0. The molecule has 0 fully saturated rings. The van der Waals surface area contributed by atoms with Crippen molar-refractivity contribution >= 4 is 96.7 Å². The predicted molar refractivity (Wildman–Crippen MR) is 254 cm³/mol. The molecule has 0 aliphatic carbocycles. The minimum absolute atomic E-state index is 1.16. The monoisotopic (exact) mass is 766 g/mol. The van der Waals surface area contributed by atoms with E-state index < -0.39 is 0 Å². The molecule has 0 radical (unpaired) electrons. The Bertz CT molecular complexity index is 3770. The second-order valence-corrected chi connectivity index (χ2v) is 16.8. The molecule has 0 amide bonds. The van der Waals surface area contributed by atoms with Crippen molar-refractivity contribution in [2.75, 3.05) is 0 Å². The van der Waals surface area contributed by atoms with E-state index in [0.29, 0.717) is 0 Å². The van der Waals surface area contributed by atoms with Crippen LogP contribution in [-0.4, -0.2) is 9.13 Å². The molecule has 0 spiro atoms. The van der Waals surface area contributed by atoms with Gasteiger partial charge in [-0.15, -0.1) is 11.3 Å². The zero-order valence-corrected chi connectivity index (χ0v) is 32.7. The van der Waals surface area contributed by atoms with Gasteiger partial charge in [0.05, 0.1) is 27.8 Å². The van der Waals surface area contributed by atoms with Crippen molar-refractivity contribution in [1.29, 1.82) is 0 Å². The predicted octanol–water partition coefficient (Wildman–Crippen LogP) is 15.9. The maximum atomic E-state index is 2.51. The highest BCUT2D eigenvalue weighted by atomic mass is 32.1. The molecule has 0 aliphatic heterocycles.